The molecule has 1 rings (SSSR count). The number of hydrogen-bond acceptors (Lipinski definition) is 2. The highest BCUT2D eigenvalue weighted by Gasteiger charge is 1.98. The van der Waals surface area contributed by atoms with E-state index in [-0.39, 0.29) is 12.3 Å². The van der Waals surface area contributed by atoms with Gasteiger partial charge in [0.05, 0.1) is 6.20 Å². The first-order valence-electron chi connectivity index (χ1n) is 5.05. The minimum atomic E-state index is -0.319. The van der Waals surface area contributed by atoms with E-state index in [0.29, 0.717) is 5.92 Å². The largest absolute Gasteiger partial charge is 0.369 e. The van der Waals surface area contributed by atoms with E-state index in [0.717, 1.165) is 12.1 Å². The van der Waals surface area contributed by atoms with Gasteiger partial charge in [0.2, 0.25) is 5.91 Å². The van der Waals surface area contributed by atoms with Crippen LogP contribution < -0.4 is 5.73 Å². The predicted octanol–water partition coefficient (Wildman–Crippen LogP) is 1.43. The lowest BCUT2D eigenvalue weighted by atomic mass is 10.2. The first-order chi connectivity index (χ1) is 7.08. The van der Waals surface area contributed by atoms with Gasteiger partial charge in [0, 0.05) is 24.7 Å². The lowest BCUT2D eigenvalue weighted by Crippen LogP contribution is -2.07. The third-order valence-electron chi connectivity index (χ3n) is 1.83. The van der Waals surface area contributed by atoms with Crippen LogP contribution in [0.1, 0.15) is 25.8 Å². The fourth-order valence-corrected chi connectivity index (χ4v) is 1.25. The Morgan fingerprint density at radius 3 is 3.00 bits per heavy atom. The molecule has 0 aliphatic carbocycles. The summed E-state index contributed by atoms with van der Waals surface area (Å²) in [6.45, 7) is 5.19. The number of hydrogen-bond donors (Lipinski definition) is 1. The van der Waals surface area contributed by atoms with Gasteiger partial charge < -0.3 is 5.73 Å². The molecule has 82 valence electrons. The van der Waals surface area contributed by atoms with Crippen molar-refractivity contribution in [3.05, 3.63) is 24.0 Å². The lowest BCUT2D eigenvalue weighted by Gasteiger charge is -2.02. The van der Waals surface area contributed by atoms with Gasteiger partial charge in [0.1, 0.15) is 0 Å². The number of carbonyl (C=O) groups excluding carboxylic acids is 1. The van der Waals surface area contributed by atoms with Gasteiger partial charge in [0.25, 0.3) is 0 Å². The Balaban J connectivity index is 2.52. The van der Waals surface area contributed by atoms with Crippen LogP contribution in [0.25, 0.3) is 6.08 Å². The van der Waals surface area contributed by atoms with E-state index >= 15 is 0 Å². The second kappa shape index (κ2) is 5.34. The zero-order valence-corrected chi connectivity index (χ0v) is 9.18. The fraction of sp³-hybridized carbons (Fsp3) is 0.455. The molecule has 0 fully saturated rings. The van der Waals surface area contributed by atoms with Crippen molar-refractivity contribution < 1.29 is 4.79 Å². The summed E-state index contributed by atoms with van der Waals surface area (Å²) in [5.74, 6) is 0.258. The Labute approximate surface area is 89.8 Å². The van der Waals surface area contributed by atoms with Crippen LogP contribution in [-0.4, -0.2) is 15.7 Å². The van der Waals surface area contributed by atoms with Crippen LogP contribution in [0.3, 0.4) is 0 Å². The van der Waals surface area contributed by atoms with E-state index in [2.05, 4.69) is 18.9 Å². The van der Waals surface area contributed by atoms with E-state index in [1.807, 2.05) is 17.0 Å². The molecule has 0 radical (unpaired) electrons. The SMILES string of the molecule is CC(C)Cn1cc(C=CCC(N)=O)cn1. The molecule has 1 aromatic heterocycles. The Hall–Kier alpha value is -1.58. The molecule has 2 N–H and O–H groups in total. The Kier molecular flexibility index (Phi) is 4.09. The van der Waals surface area contributed by atoms with Crippen molar-refractivity contribution in [3.8, 4) is 0 Å². The van der Waals surface area contributed by atoms with Crippen molar-refractivity contribution in [2.24, 2.45) is 11.7 Å². The number of nitrogens with two attached hydrogens (primary N) is 1. The van der Waals surface area contributed by atoms with E-state index in [1.165, 1.54) is 0 Å². The summed E-state index contributed by atoms with van der Waals surface area (Å²) in [5.41, 5.74) is 6.01. The summed E-state index contributed by atoms with van der Waals surface area (Å²) in [4.78, 5) is 10.5. The van der Waals surface area contributed by atoms with Crippen molar-refractivity contribution in [3.63, 3.8) is 0 Å². The Morgan fingerprint density at radius 1 is 1.67 bits per heavy atom. The first kappa shape index (κ1) is 11.5. The van der Waals surface area contributed by atoms with Crippen LogP contribution in [0.5, 0.6) is 0 Å². The zero-order chi connectivity index (χ0) is 11.3. The average Bonchev–Trinajstić information content (AvgIpc) is 2.50. The number of rotatable bonds is 5. The molecule has 0 aromatic carbocycles. The minimum Gasteiger partial charge on any atom is -0.369 e. The molecule has 0 atom stereocenters. The molecule has 0 saturated carbocycles. The van der Waals surface area contributed by atoms with Gasteiger partial charge in [-0.1, -0.05) is 26.0 Å². The maximum absolute atomic E-state index is 10.5. The Morgan fingerprint density at radius 2 is 2.40 bits per heavy atom. The molecule has 1 heterocycles. The third-order valence-corrected chi connectivity index (χ3v) is 1.83. The summed E-state index contributed by atoms with van der Waals surface area (Å²) < 4.78 is 1.90. The van der Waals surface area contributed by atoms with Crippen LogP contribution >= 0.6 is 0 Å². The van der Waals surface area contributed by atoms with Crippen molar-refractivity contribution in [1.82, 2.24) is 9.78 Å². The lowest BCUT2D eigenvalue weighted by molar-refractivity contribution is -0.117. The van der Waals surface area contributed by atoms with Crippen molar-refractivity contribution in [2.45, 2.75) is 26.8 Å². The maximum atomic E-state index is 10.5. The topological polar surface area (TPSA) is 60.9 Å². The summed E-state index contributed by atoms with van der Waals surface area (Å²) in [5, 5.41) is 4.20. The van der Waals surface area contributed by atoms with Gasteiger partial charge in [-0.05, 0) is 5.92 Å². The number of amides is 1. The number of aromatic nitrogens is 2. The second-order valence-electron chi connectivity index (χ2n) is 3.96. The van der Waals surface area contributed by atoms with Gasteiger partial charge in [-0.25, -0.2) is 0 Å². The maximum Gasteiger partial charge on any atom is 0.221 e. The third kappa shape index (κ3) is 4.44. The number of nitrogens with zero attached hydrogens (tertiary/aromatic N) is 2. The van der Waals surface area contributed by atoms with Crippen LogP contribution in [0.4, 0.5) is 0 Å². The van der Waals surface area contributed by atoms with Gasteiger partial charge in [0.15, 0.2) is 0 Å². The van der Waals surface area contributed by atoms with Crippen LogP contribution in [0.15, 0.2) is 18.5 Å². The molecule has 0 aliphatic heterocycles. The van der Waals surface area contributed by atoms with Crippen LogP contribution in [0, 0.1) is 5.92 Å². The van der Waals surface area contributed by atoms with Crippen molar-refractivity contribution in [2.75, 3.05) is 0 Å². The van der Waals surface area contributed by atoms with Gasteiger partial charge in [-0.15, -0.1) is 0 Å². The van der Waals surface area contributed by atoms with E-state index in [1.54, 1.807) is 12.3 Å². The molecule has 4 heteroatoms. The summed E-state index contributed by atoms with van der Waals surface area (Å²) in [6, 6.07) is 0. The second-order valence-corrected chi connectivity index (χ2v) is 3.96. The number of carbonyl (C=O) groups is 1. The zero-order valence-electron chi connectivity index (χ0n) is 9.18. The summed E-state index contributed by atoms with van der Waals surface area (Å²) in [7, 11) is 0. The molecule has 4 nitrogen and oxygen atoms in total. The monoisotopic (exact) mass is 207 g/mol. The molecule has 0 saturated heterocycles. The van der Waals surface area contributed by atoms with Gasteiger partial charge in [-0.3, -0.25) is 9.48 Å². The highest BCUT2D eigenvalue weighted by atomic mass is 16.1. The molecular formula is C11H17N3O. The summed E-state index contributed by atoms with van der Waals surface area (Å²) in [6.07, 6.45) is 7.61. The van der Waals surface area contributed by atoms with E-state index < -0.39 is 0 Å². The first-order valence-corrected chi connectivity index (χ1v) is 5.05. The molecule has 0 spiro atoms. The van der Waals surface area contributed by atoms with Crippen molar-refractivity contribution in [1.29, 1.82) is 0 Å². The van der Waals surface area contributed by atoms with Crippen LogP contribution in [0.2, 0.25) is 0 Å². The van der Waals surface area contributed by atoms with Crippen LogP contribution in [-0.2, 0) is 11.3 Å². The summed E-state index contributed by atoms with van der Waals surface area (Å²) >= 11 is 0. The Bertz CT molecular complexity index is 352. The minimum absolute atomic E-state index is 0.273. The van der Waals surface area contributed by atoms with Gasteiger partial charge in [-0.2, -0.15) is 5.10 Å². The normalized spacial score (nSPS) is 11.4. The molecule has 15 heavy (non-hydrogen) atoms. The highest BCUT2D eigenvalue weighted by molar-refractivity contribution is 5.76. The molecule has 1 aromatic rings. The fourth-order valence-electron chi connectivity index (χ4n) is 1.25. The quantitative estimate of drug-likeness (QED) is 0.793. The average molecular weight is 207 g/mol. The molecule has 0 bridgehead atoms. The molecular weight excluding hydrogens is 190 g/mol. The van der Waals surface area contributed by atoms with E-state index in [4.69, 9.17) is 5.73 Å². The highest BCUT2D eigenvalue weighted by Crippen LogP contribution is 2.04. The smallest absolute Gasteiger partial charge is 0.221 e. The number of primary amides is 1. The van der Waals surface area contributed by atoms with Gasteiger partial charge >= 0.3 is 0 Å². The molecule has 1 amide bonds. The molecule has 0 aliphatic rings. The van der Waals surface area contributed by atoms with E-state index in [9.17, 15) is 4.79 Å². The van der Waals surface area contributed by atoms with Crippen molar-refractivity contribution >= 4 is 12.0 Å². The standard InChI is InChI=1S/C11H17N3O/c1-9(2)7-14-8-10(6-13-14)4-3-5-11(12)15/h3-4,6,8-9H,5,7H2,1-2H3,(H2,12,15). The predicted molar refractivity (Wildman–Crippen MR) is 59.9 cm³/mol. The molecule has 0 unspecified atom stereocenters.